The number of H-pyrrole nitrogens is 2. The minimum absolute atomic E-state index is 0.125. The van der Waals surface area contributed by atoms with Crippen LogP contribution in [0.1, 0.15) is 5.69 Å². The van der Waals surface area contributed by atoms with Crippen molar-refractivity contribution in [2.75, 3.05) is 5.73 Å². The van der Waals surface area contributed by atoms with Gasteiger partial charge in [-0.05, 0) is 30.3 Å². The second-order valence-electron chi connectivity index (χ2n) is 3.99. The summed E-state index contributed by atoms with van der Waals surface area (Å²) in [4.78, 5) is 17.7. The molecule has 0 amide bonds. The number of fused-ring (bicyclic) bond motifs is 1. The van der Waals surface area contributed by atoms with Gasteiger partial charge in [-0.25, -0.2) is 4.79 Å². The first kappa shape index (κ1) is 9.77. The van der Waals surface area contributed by atoms with Crippen LogP contribution in [0.2, 0.25) is 0 Å². The molecule has 5 heteroatoms. The molecule has 2 aromatic heterocycles. The van der Waals surface area contributed by atoms with Crippen molar-refractivity contribution in [3.05, 3.63) is 52.7 Å². The highest BCUT2D eigenvalue weighted by atomic mass is 16.1. The quantitative estimate of drug-likeness (QED) is 0.578. The zero-order valence-electron chi connectivity index (χ0n) is 9.10. The van der Waals surface area contributed by atoms with Gasteiger partial charge in [0.1, 0.15) is 0 Å². The van der Waals surface area contributed by atoms with E-state index >= 15 is 0 Å². The van der Waals surface area contributed by atoms with Crippen LogP contribution in [0.4, 0.5) is 5.69 Å². The van der Waals surface area contributed by atoms with E-state index in [-0.39, 0.29) is 5.69 Å². The van der Waals surface area contributed by atoms with Crippen molar-refractivity contribution in [1.82, 2.24) is 14.5 Å². The van der Waals surface area contributed by atoms with Gasteiger partial charge >= 0.3 is 5.69 Å². The van der Waals surface area contributed by atoms with Crippen LogP contribution in [0.5, 0.6) is 0 Å². The predicted octanol–water partition coefficient (Wildman–Crippen LogP) is 1.29. The number of nitrogen functional groups attached to an aromatic ring is 1. The second kappa shape index (κ2) is 3.55. The molecule has 0 saturated carbocycles. The molecule has 1 aromatic carbocycles. The molecule has 5 nitrogen and oxygen atoms in total. The molecule has 86 valence electrons. The number of nitrogens with zero attached hydrogens (tertiary/aromatic N) is 1. The Morgan fingerprint density at radius 2 is 2.18 bits per heavy atom. The molecule has 0 atom stereocenters. The van der Waals surface area contributed by atoms with E-state index in [2.05, 4.69) is 9.97 Å². The number of nitrogens with two attached hydrogens (primary N) is 1. The number of hydrogen-bond acceptors (Lipinski definition) is 2. The summed E-state index contributed by atoms with van der Waals surface area (Å²) in [5.41, 5.74) is 8.82. The number of anilines is 1. The Morgan fingerprint density at radius 1 is 1.29 bits per heavy atom. The standard InChI is InChI=1S/C12H12N4O/c13-8-3-4-11-10(6-8)15-12(17)16(11)7-9-2-1-5-14-9/h1-6,14H,7,13H2,(H,15,17). The molecule has 0 aliphatic rings. The summed E-state index contributed by atoms with van der Waals surface area (Å²) in [6, 6.07) is 9.27. The predicted molar refractivity (Wildman–Crippen MR) is 66.9 cm³/mol. The average molecular weight is 228 g/mol. The Labute approximate surface area is 96.9 Å². The smallest absolute Gasteiger partial charge is 0.326 e. The number of hydrogen-bond donors (Lipinski definition) is 3. The summed E-state index contributed by atoms with van der Waals surface area (Å²) in [6.07, 6.45) is 1.84. The van der Waals surface area contributed by atoms with Gasteiger partial charge in [0.15, 0.2) is 0 Å². The fourth-order valence-electron chi connectivity index (χ4n) is 1.97. The number of nitrogens with one attached hydrogen (secondary N) is 2. The number of benzene rings is 1. The Balaban J connectivity index is 2.16. The maximum absolute atomic E-state index is 11.8. The van der Waals surface area contributed by atoms with Gasteiger partial charge in [-0.3, -0.25) is 4.57 Å². The summed E-state index contributed by atoms with van der Waals surface area (Å²) < 4.78 is 1.68. The molecule has 0 unspecified atom stereocenters. The van der Waals surface area contributed by atoms with Crippen LogP contribution < -0.4 is 11.4 Å². The Bertz CT molecular complexity index is 706. The monoisotopic (exact) mass is 228 g/mol. The topological polar surface area (TPSA) is 79.6 Å². The normalized spacial score (nSPS) is 11.1. The molecule has 0 fully saturated rings. The molecule has 3 rings (SSSR count). The largest absolute Gasteiger partial charge is 0.399 e. The number of aromatic amines is 2. The van der Waals surface area contributed by atoms with Crippen molar-refractivity contribution in [3.63, 3.8) is 0 Å². The molecule has 0 saturated heterocycles. The third-order valence-corrected chi connectivity index (χ3v) is 2.79. The van der Waals surface area contributed by atoms with Crippen molar-refractivity contribution in [2.24, 2.45) is 0 Å². The van der Waals surface area contributed by atoms with Gasteiger partial charge in [-0.1, -0.05) is 0 Å². The van der Waals surface area contributed by atoms with Crippen molar-refractivity contribution in [1.29, 1.82) is 0 Å². The highest BCUT2D eigenvalue weighted by Crippen LogP contribution is 2.14. The average Bonchev–Trinajstić information content (AvgIpc) is 2.88. The first-order chi connectivity index (χ1) is 8.24. The van der Waals surface area contributed by atoms with Gasteiger partial charge in [-0.15, -0.1) is 0 Å². The Hall–Kier alpha value is -2.43. The molecule has 3 aromatic rings. The maximum atomic E-state index is 11.8. The van der Waals surface area contributed by atoms with Gasteiger partial charge in [0.25, 0.3) is 0 Å². The van der Waals surface area contributed by atoms with Crippen molar-refractivity contribution in [3.8, 4) is 0 Å². The highest BCUT2D eigenvalue weighted by Gasteiger charge is 2.07. The molecule has 0 spiro atoms. The van der Waals surface area contributed by atoms with E-state index in [1.165, 1.54) is 0 Å². The van der Waals surface area contributed by atoms with Gasteiger partial charge in [0.05, 0.1) is 17.6 Å². The Morgan fingerprint density at radius 3 is 2.94 bits per heavy atom. The zero-order valence-corrected chi connectivity index (χ0v) is 9.10. The maximum Gasteiger partial charge on any atom is 0.326 e. The van der Waals surface area contributed by atoms with Crippen LogP contribution in [0, 0.1) is 0 Å². The molecular weight excluding hydrogens is 216 g/mol. The van der Waals surface area contributed by atoms with Crippen LogP contribution in [0.3, 0.4) is 0 Å². The fraction of sp³-hybridized carbons (Fsp3) is 0.0833. The number of rotatable bonds is 2. The van der Waals surface area contributed by atoms with Crippen molar-refractivity contribution >= 4 is 16.7 Å². The SMILES string of the molecule is Nc1ccc2c(c1)[nH]c(=O)n2Cc1ccc[nH]1. The molecule has 0 aliphatic heterocycles. The van der Waals surface area contributed by atoms with Crippen LogP contribution in [0.15, 0.2) is 41.3 Å². The molecule has 0 aliphatic carbocycles. The van der Waals surface area contributed by atoms with Crippen molar-refractivity contribution < 1.29 is 0 Å². The van der Waals surface area contributed by atoms with E-state index in [0.29, 0.717) is 12.2 Å². The summed E-state index contributed by atoms with van der Waals surface area (Å²) in [6.45, 7) is 0.524. The lowest BCUT2D eigenvalue weighted by Crippen LogP contribution is -2.17. The third-order valence-electron chi connectivity index (χ3n) is 2.79. The summed E-state index contributed by atoms with van der Waals surface area (Å²) in [5, 5.41) is 0. The van der Waals surface area contributed by atoms with Crippen LogP contribution in [-0.2, 0) is 6.54 Å². The number of imidazole rings is 1. The second-order valence-corrected chi connectivity index (χ2v) is 3.99. The molecular formula is C12H12N4O. The van der Waals surface area contributed by atoms with Gasteiger partial charge in [0, 0.05) is 17.6 Å². The van der Waals surface area contributed by atoms with Gasteiger partial charge in [0.2, 0.25) is 0 Å². The Kier molecular flexibility index (Phi) is 2.04. The van der Waals surface area contributed by atoms with Gasteiger partial charge in [-0.2, -0.15) is 0 Å². The lowest BCUT2D eigenvalue weighted by molar-refractivity contribution is 0.770. The van der Waals surface area contributed by atoms with E-state index in [4.69, 9.17) is 5.73 Å². The summed E-state index contributed by atoms with van der Waals surface area (Å²) in [7, 11) is 0. The first-order valence-corrected chi connectivity index (χ1v) is 5.34. The van der Waals surface area contributed by atoms with E-state index < -0.39 is 0 Å². The van der Waals surface area contributed by atoms with Crippen molar-refractivity contribution in [2.45, 2.75) is 6.54 Å². The summed E-state index contributed by atoms with van der Waals surface area (Å²) in [5.74, 6) is 0. The minimum atomic E-state index is -0.125. The molecule has 2 heterocycles. The minimum Gasteiger partial charge on any atom is -0.399 e. The van der Waals surface area contributed by atoms with E-state index in [1.54, 1.807) is 16.7 Å². The lowest BCUT2D eigenvalue weighted by Gasteiger charge is -2.01. The summed E-state index contributed by atoms with van der Waals surface area (Å²) >= 11 is 0. The molecule has 4 N–H and O–H groups in total. The molecule has 17 heavy (non-hydrogen) atoms. The van der Waals surface area contributed by atoms with Crippen LogP contribution in [-0.4, -0.2) is 14.5 Å². The number of aromatic nitrogens is 3. The van der Waals surface area contributed by atoms with Crippen LogP contribution in [0.25, 0.3) is 11.0 Å². The van der Waals surface area contributed by atoms with E-state index in [1.807, 2.05) is 24.4 Å². The lowest BCUT2D eigenvalue weighted by atomic mass is 10.3. The van der Waals surface area contributed by atoms with E-state index in [9.17, 15) is 4.79 Å². The van der Waals surface area contributed by atoms with E-state index in [0.717, 1.165) is 16.7 Å². The third kappa shape index (κ3) is 1.61. The zero-order chi connectivity index (χ0) is 11.8. The first-order valence-electron chi connectivity index (χ1n) is 5.34. The molecule has 0 radical (unpaired) electrons. The van der Waals surface area contributed by atoms with Gasteiger partial charge < -0.3 is 15.7 Å². The molecule has 0 bridgehead atoms. The highest BCUT2D eigenvalue weighted by molar-refractivity contribution is 5.78. The fourth-order valence-corrected chi connectivity index (χ4v) is 1.97. The van der Waals surface area contributed by atoms with Crippen LogP contribution >= 0.6 is 0 Å².